The van der Waals surface area contributed by atoms with Gasteiger partial charge in [0.05, 0.1) is 24.1 Å². The standard InChI is InChI=1S/C32H36ClN3O7S/c1-36(44(3,40)41)26-15-22-9-5-4-8-21-10-6-13-27(16-21)43-20-28(35-31(38)23(14-22)17-26)29(37)19-30(42-2)32(39)34-25-12-7-11-24(33)18-25/h4-7,10-18,28-30,37H,8-9,19-20H2,1-3H3,(H,34,39)(H,35,38)/b5-4+/t28-,29-,30?/m0/s1. The van der Waals surface area contributed by atoms with Gasteiger partial charge in [0.15, 0.2) is 0 Å². The number of nitrogens with one attached hydrogen (secondary N) is 2. The lowest BCUT2D eigenvalue weighted by molar-refractivity contribution is -0.127. The van der Waals surface area contributed by atoms with Crippen LogP contribution in [0, 0.1) is 0 Å². The first-order valence-corrected chi connectivity index (χ1v) is 16.2. The van der Waals surface area contributed by atoms with E-state index in [-0.39, 0.29) is 18.6 Å². The van der Waals surface area contributed by atoms with Crippen molar-refractivity contribution < 1.29 is 32.6 Å². The Morgan fingerprint density at radius 1 is 1.11 bits per heavy atom. The number of hydrogen-bond donors (Lipinski definition) is 3. The molecular formula is C32H36ClN3O7S. The highest BCUT2D eigenvalue weighted by Crippen LogP contribution is 2.23. The van der Waals surface area contributed by atoms with Gasteiger partial charge in [0.25, 0.3) is 11.8 Å². The van der Waals surface area contributed by atoms with Crippen LogP contribution in [-0.4, -0.2) is 70.6 Å². The molecule has 1 unspecified atom stereocenters. The number of sulfonamides is 1. The summed E-state index contributed by atoms with van der Waals surface area (Å²) in [6, 6.07) is 18.0. The first-order valence-electron chi connectivity index (χ1n) is 14.0. The van der Waals surface area contributed by atoms with Crippen molar-refractivity contribution in [3.05, 3.63) is 101 Å². The van der Waals surface area contributed by atoms with Crippen LogP contribution >= 0.6 is 11.6 Å². The first kappa shape index (κ1) is 33.0. The Hall–Kier alpha value is -3.90. The molecule has 0 fully saturated rings. The zero-order valence-corrected chi connectivity index (χ0v) is 26.3. The molecule has 234 valence electrons. The van der Waals surface area contributed by atoms with Gasteiger partial charge in [0, 0.05) is 36.9 Å². The second-order valence-corrected chi connectivity index (χ2v) is 13.0. The zero-order chi connectivity index (χ0) is 31.9. The highest BCUT2D eigenvalue weighted by atomic mass is 35.5. The van der Waals surface area contributed by atoms with Gasteiger partial charge in [-0.3, -0.25) is 13.9 Å². The molecule has 10 nitrogen and oxygen atoms in total. The number of anilines is 2. The summed E-state index contributed by atoms with van der Waals surface area (Å²) in [7, 11) is -0.827. The Balaban J connectivity index is 1.63. The van der Waals surface area contributed by atoms with Crippen LogP contribution in [0.3, 0.4) is 0 Å². The second kappa shape index (κ2) is 14.7. The second-order valence-electron chi connectivity index (χ2n) is 10.6. The van der Waals surface area contributed by atoms with Crippen LogP contribution < -0.4 is 19.7 Å². The lowest BCUT2D eigenvalue weighted by atomic mass is 10.0. The number of amides is 2. The number of nitrogens with zero attached hydrogens (tertiary/aromatic N) is 1. The van der Waals surface area contributed by atoms with Gasteiger partial charge >= 0.3 is 0 Å². The highest BCUT2D eigenvalue weighted by Gasteiger charge is 2.30. The summed E-state index contributed by atoms with van der Waals surface area (Å²) in [5.74, 6) is -0.496. The molecule has 1 aliphatic rings. The number of aliphatic hydroxyl groups excluding tert-OH is 1. The third kappa shape index (κ3) is 9.06. The summed E-state index contributed by atoms with van der Waals surface area (Å²) in [5.41, 5.74) is 2.72. The van der Waals surface area contributed by atoms with Crippen LogP contribution in [0.1, 0.15) is 27.9 Å². The summed E-state index contributed by atoms with van der Waals surface area (Å²) in [6.07, 6.45) is 3.64. The number of methoxy groups -OCH3 is 1. The average Bonchev–Trinajstić information content (AvgIpc) is 2.98. The Labute approximate surface area is 262 Å². The first-order chi connectivity index (χ1) is 20.9. The molecule has 3 atom stereocenters. The van der Waals surface area contributed by atoms with Crippen molar-refractivity contribution in [3.8, 4) is 5.75 Å². The van der Waals surface area contributed by atoms with Gasteiger partial charge in [-0.05, 0) is 72.5 Å². The van der Waals surface area contributed by atoms with E-state index in [1.54, 1.807) is 42.5 Å². The summed E-state index contributed by atoms with van der Waals surface area (Å²) in [4.78, 5) is 26.6. The monoisotopic (exact) mass is 641 g/mol. The molecule has 2 amide bonds. The van der Waals surface area contributed by atoms with Gasteiger partial charge in [0.2, 0.25) is 10.0 Å². The molecule has 0 spiro atoms. The van der Waals surface area contributed by atoms with Crippen LogP contribution in [0.15, 0.2) is 78.9 Å². The van der Waals surface area contributed by atoms with Crippen LogP contribution in [0.2, 0.25) is 5.02 Å². The molecule has 1 heterocycles. The minimum Gasteiger partial charge on any atom is -0.491 e. The predicted molar refractivity (Wildman–Crippen MR) is 171 cm³/mol. The average molecular weight is 642 g/mol. The Morgan fingerprint density at radius 3 is 2.55 bits per heavy atom. The van der Waals surface area contributed by atoms with Crippen molar-refractivity contribution >= 4 is 44.8 Å². The smallest absolute Gasteiger partial charge is 0.253 e. The maximum Gasteiger partial charge on any atom is 0.253 e. The molecule has 0 aromatic heterocycles. The SMILES string of the molecule is COC(C[C@H](O)[C@@H]1COc2cccc(c2)C/C=C/Cc2cc(cc(N(C)S(C)(=O)=O)c2)C(=O)N1)C(=O)Nc1cccc(Cl)c1. The van der Waals surface area contributed by atoms with Gasteiger partial charge in [-0.15, -0.1) is 0 Å². The molecule has 1 aliphatic heterocycles. The van der Waals surface area contributed by atoms with Crippen molar-refractivity contribution in [1.29, 1.82) is 0 Å². The number of carbonyl (C=O) groups excluding carboxylic acids is 2. The van der Waals surface area contributed by atoms with Crippen molar-refractivity contribution in [2.45, 2.75) is 37.5 Å². The number of allylic oxidation sites excluding steroid dienone is 2. The number of fused-ring (bicyclic) bond motifs is 4. The maximum absolute atomic E-state index is 13.6. The van der Waals surface area contributed by atoms with Crippen molar-refractivity contribution in [2.24, 2.45) is 0 Å². The number of ether oxygens (including phenoxy) is 2. The van der Waals surface area contributed by atoms with Crippen molar-refractivity contribution in [1.82, 2.24) is 5.32 Å². The van der Waals surface area contributed by atoms with Crippen LogP contribution in [0.25, 0.3) is 0 Å². The quantitative estimate of drug-likeness (QED) is 0.317. The van der Waals surface area contributed by atoms with E-state index in [0.29, 0.717) is 35.0 Å². The fourth-order valence-electron chi connectivity index (χ4n) is 4.67. The fourth-order valence-corrected chi connectivity index (χ4v) is 5.35. The number of aliphatic hydroxyl groups is 1. The Kier molecular flexibility index (Phi) is 11.0. The van der Waals surface area contributed by atoms with E-state index in [0.717, 1.165) is 21.7 Å². The van der Waals surface area contributed by atoms with E-state index >= 15 is 0 Å². The highest BCUT2D eigenvalue weighted by molar-refractivity contribution is 7.92. The maximum atomic E-state index is 13.6. The van der Waals surface area contributed by atoms with Crippen LogP contribution in [0.4, 0.5) is 11.4 Å². The third-order valence-electron chi connectivity index (χ3n) is 7.21. The minimum atomic E-state index is -3.60. The molecule has 12 heteroatoms. The molecule has 0 aliphatic carbocycles. The number of rotatable bonds is 8. The molecule has 4 rings (SSSR count). The van der Waals surface area contributed by atoms with Crippen molar-refractivity contribution in [3.63, 3.8) is 0 Å². The molecule has 0 radical (unpaired) electrons. The molecule has 3 aromatic carbocycles. The number of benzene rings is 3. The molecule has 44 heavy (non-hydrogen) atoms. The van der Waals surface area contributed by atoms with Gasteiger partial charge in [0.1, 0.15) is 18.5 Å². The molecule has 3 N–H and O–H groups in total. The van der Waals surface area contributed by atoms with E-state index in [4.69, 9.17) is 21.1 Å². The minimum absolute atomic E-state index is 0.117. The van der Waals surface area contributed by atoms with Gasteiger partial charge in [-0.2, -0.15) is 0 Å². The van der Waals surface area contributed by atoms with Crippen molar-refractivity contribution in [2.75, 3.05) is 36.6 Å². The molecule has 3 aromatic rings. The third-order valence-corrected chi connectivity index (χ3v) is 8.65. The fraction of sp³-hybridized carbons (Fsp3) is 0.312. The summed E-state index contributed by atoms with van der Waals surface area (Å²) < 4.78 is 37.1. The number of hydrogen-bond acceptors (Lipinski definition) is 7. The predicted octanol–water partition coefficient (Wildman–Crippen LogP) is 3.97. The lowest BCUT2D eigenvalue weighted by Crippen LogP contribution is -2.49. The summed E-state index contributed by atoms with van der Waals surface area (Å²) >= 11 is 6.03. The molecule has 4 bridgehead atoms. The summed E-state index contributed by atoms with van der Waals surface area (Å²) in [5, 5.41) is 17.3. The van der Waals surface area contributed by atoms with Gasteiger partial charge in [-0.1, -0.05) is 42.0 Å². The molecule has 0 saturated carbocycles. The van der Waals surface area contributed by atoms with Gasteiger partial charge in [-0.25, -0.2) is 8.42 Å². The van der Waals surface area contributed by atoms with Crippen LogP contribution in [0.5, 0.6) is 5.75 Å². The molecule has 0 saturated heterocycles. The van der Waals surface area contributed by atoms with Gasteiger partial charge < -0.3 is 25.2 Å². The largest absolute Gasteiger partial charge is 0.491 e. The number of carbonyl (C=O) groups is 2. The zero-order valence-electron chi connectivity index (χ0n) is 24.7. The molecular weight excluding hydrogens is 606 g/mol. The topological polar surface area (TPSA) is 134 Å². The van der Waals surface area contributed by atoms with E-state index in [1.807, 2.05) is 30.4 Å². The Morgan fingerprint density at radius 2 is 1.84 bits per heavy atom. The van der Waals surface area contributed by atoms with E-state index in [2.05, 4.69) is 10.6 Å². The Bertz CT molecular complexity index is 1630. The normalized spacial score (nSPS) is 17.6. The summed E-state index contributed by atoms with van der Waals surface area (Å²) in [6.45, 7) is -0.117. The van der Waals surface area contributed by atoms with E-state index in [9.17, 15) is 23.1 Å². The van der Waals surface area contributed by atoms with E-state index in [1.165, 1.54) is 20.2 Å². The van der Waals surface area contributed by atoms with Crippen LogP contribution in [-0.2, 0) is 32.4 Å². The number of halogens is 1. The lowest BCUT2D eigenvalue weighted by Gasteiger charge is -2.27. The van der Waals surface area contributed by atoms with E-state index < -0.39 is 40.1 Å².